The lowest BCUT2D eigenvalue weighted by Gasteiger charge is -2.37. The van der Waals surface area contributed by atoms with Gasteiger partial charge in [0.05, 0.1) is 22.1 Å². The molecular weight excluding hydrogens is 488 g/mol. The molecule has 1 amide bonds. The zero-order chi connectivity index (χ0) is 24.5. The van der Waals surface area contributed by atoms with Crippen LogP contribution in [0, 0.1) is 0 Å². The predicted octanol–water partition coefficient (Wildman–Crippen LogP) is 3.82. The van der Waals surface area contributed by atoms with Crippen LogP contribution in [0.1, 0.15) is 25.6 Å². The fourth-order valence-electron chi connectivity index (χ4n) is 4.41. The molecule has 10 heteroatoms. The zero-order valence-electron chi connectivity index (χ0n) is 18.6. The molecule has 1 N–H and O–H groups in total. The van der Waals surface area contributed by atoms with Crippen LogP contribution in [0.25, 0.3) is 11.0 Å². The maximum absolute atomic E-state index is 13.5. The summed E-state index contributed by atoms with van der Waals surface area (Å²) in [6.45, 7) is 1.73. The molecule has 35 heavy (non-hydrogen) atoms. The van der Waals surface area contributed by atoms with E-state index in [2.05, 4.69) is 4.98 Å². The number of nitrogens with zero attached hydrogens (tertiary/aromatic N) is 4. The molecule has 0 spiro atoms. The van der Waals surface area contributed by atoms with E-state index in [9.17, 15) is 19.5 Å². The summed E-state index contributed by atoms with van der Waals surface area (Å²) in [5.41, 5.74) is 0.545. The Bertz CT molecular complexity index is 1460. The predicted molar refractivity (Wildman–Crippen MR) is 136 cm³/mol. The largest absolute Gasteiger partial charge is 0.477 e. The van der Waals surface area contributed by atoms with Gasteiger partial charge in [-0.15, -0.1) is 11.3 Å². The van der Waals surface area contributed by atoms with Crippen molar-refractivity contribution in [2.24, 2.45) is 0 Å². The molecule has 5 rings (SSSR count). The number of carbonyl (C=O) groups excluding carboxylic acids is 1. The summed E-state index contributed by atoms with van der Waals surface area (Å²) in [6, 6.07) is 14.6. The van der Waals surface area contributed by atoms with Crippen LogP contribution < -0.4 is 10.5 Å². The molecule has 0 radical (unpaired) electrons. The number of pyridine rings is 2. The summed E-state index contributed by atoms with van der Waals surface area (Å²) in [5, 5.41) is 12.8. The van der Waals surface area contributed by atoms with Crippen molar-refractivity contribution < 1.29 is 14.7 Å². The first-order valence-electron chi connectivity index (χ1n) is 11.0. The third-order valence-corrected chi connectivity index (χ3v) is 7.12. The van der Waals surface area contributed by atoms with Crippen molar-refractivity contribution in [3.8, 4) is 0 Å². The van der Waals surface area contributed by atoms with Crippen LogP contribution in [0.4, 0.5) is 5.69 Å². The SMILES string of the molecule is O=C(O)c1c(N2CCN(C(=O)c3cccs3)CC2)c2cc(Cl)cnc2n(Cc2ccccc2)c1=O. The minimum Gasteiger partial charge on any atom is -0.477 e. The molecule has 8 nitrogen and oxygen atoms in total. The van der Waals surface area contributed by atoms with Crippen LogP contribution in [0.2, 0.25) is 5.02 Å². The van der Waals surface area contributed by atoms with Gasteiger partial charge in [-0.1, -0.05) is 48.0 Å². The van der Waals surface area contributed by atoms with Gasteiger partial charge in [-0.05, 0) is 23.1 Å². The van der Waals surface area contributed by atoms with Crippen LogP contribution >= 0.6 is 22.9 Å². The van der Waals surface area contributed by atoms with Gasteiger partial charge in [0.25, 0.3) is 11.5 Å². The van der Waals surface area contributed by atoms with Crippen molar-refractivity contribution >= 4 is 51.5 Å². The lowest BCUT2D eigenvalue weighted by molar-refractivity contribution is 0.0691. The van der Waals surface area contributed by atoms with Crippen molar-refractivity contribution in [3.63, 3.8) is 0 Å². The van der Waals surface area contributed by atoms with E-state index in [0.717, 1.165) is 5.56 Å². The van der Waals surface area contributed by atoms with E-state index in [-0.39, 0.29) is 18.0 Å². The molecule has 0 atom stereocenters. The Morgan fingerprint density at radius 2 is 1.80 bits per heavy atom. The maximum Gasteiger partial charge on any atom is 0.343 e. The molecule has 4 heterocycles. The Hall–Kier alpha value is -3.69. The van der Waals surface area contributed by atoms with Crippen LogP contribution in [0.3, 0.4) is 0 Å². The van der Waals surface area contributed by atoms with E-state index in [1.165, 1.54) is 22.1 Å². The molecule has 4 aromatic rings. The van der Waals surface area contributed by atoms with Gasteiger partial charge in [-0.3, -0.25) is 14.2 Å². The number of aromatic nitrogens is 2. The Balaban J connectivity index is 1.58. The second-order valence-electron chi connectivity index (χ2n) is 8.19. The molecule has 3 aromatic heterocycles. The number of carbonyl (C=O) groups is 2. The second kappa shape index (κ2) is 9.52. The number of halogens is 1. The number of carboxylic acids is 1. The number of fused-ring (bicyclic) bond motifs is 1. The molecule has 1 saturated heterocycles. The van der Waals surface area contributed by atoms with Crippen molar-refractivity contribution in [3.05, 3.63) is 91.5 Å². The van der Waals surface area contributed by atoms with Crippen LogP contribution in [-0.4, -0.2) is 57.6 Å². The first-order valence-corrected chi connectivity index (χ1v) is 12.3. The average Bonchev–Trinajstić information content (AvgIpc) is 3.40. The summed E-state index contributed by atoms with van der Waals surface area (Å²) in [4.78, 5) is 47.3. The maximum atomic E-state index is 13.5. The van der Waals surface area contributed by atoms with Crippen LogP contribution in [0.15, 0.2) is 64.9 Å². The molecule has 0 unspecified atom stereocenters. The van der Waals surface area contributed by atoms with E-state index in [0.29, 0.717) is 52.8 Å². The van der Waals surface area contributed by atoms with Gasteiger partial charge in [0.1, 0.15) is 11.2 Å². The molecule has 1 aliphatic heterocycles. The fraction of sp³-hybridized carbons (Fsp3) is 0.200. The fourth-order valence-corrected chi connectivity index (χ4v) is 5.26. The van der Waals surface area contributed by atoms with Crippen molar-refractivity contribution in [1.29, 1.82) is 0 Å². The number of benzene rings is 1. The molecular formula is C25H21ClN4O4S. The van der Waals surface area contributed by atoms with Crippen molar-refractivity contribution in [2.45, 2.75) is 6.54 Å². The van der Waals surface area contributed by atoms with Gasteiger partial charge in [0, 0.05) is 37.8 Å². The van der Waals surface area contributed by atoms with E-state index in [1.807, 2.05) is 46.7 Å². The van der Waals surface area contributed by atoms with Crippen molar-refractivity contribution in [1.82, 2.24) is 14.5 Å². The minimum atomic E-state index is -1.31. The summed E-state index contributed by atoms with van der Waals surface area (Å²) in [6.07, 6.45) is 1.45. The second-order valence-corrected chi connectivity index (χ2v) is 9.57. The Morgan fingerprint density at radius 1 is 1.06 bits per heavy atom. The number of amides is 1. The highest BCUT2D eigenvalue weighted by atomic mass is 35.5. The van der Waals surface area contributed by atoms with Gasteiger partial charge >= 0.3 is 5.97 Å². The van der Waals surface area contributed by atoms with Gasteiger partial charge in [0.2, 0.25) is 0 Å². The number of hydrogen-bond donors (Lipinski definition) is 1. The summed E-state index contributed by atoms with van der Waals surface area (Å²) >= 11 is 7.65. The first kappa shape index (κ1) is 23.1. The molecule has 1 aliphatic rings. The lowest BCUT2D eigenvalue weighted by atomic mass is 10.1. The highest BCUT2D eigenvalue weighted by Crippen LogP contribution is 2.31. The lowest BCUT2D eigenvalue weighted by Crippen LogP contribution is -2.49. The molecule has 1 aromatic carbocycles. The Morgan fingerprint density at radius 3 is 2.46 bits per heavy atom. The minimum absolute atomic E-state index is 0.0500. The summed E-state index contributed by atoms with van der Waals surface area (Å²) in [5.74, 6) is -1.36. The number of hydrogen-bond acceptors (Lipinski definition) is 6. The van der Waals surface area contributed by atoms with E-state index >= 15 is 0 Å². The number of piperazine rings is 1. The quantitative estimate of drug-likeness (QED) is 0.440. The number of carboxylic acid groups (broad SMARTS) is 1. The average molecular weight is 509 g/mol. The van der Waals surface area contributed by atoms with Gasteiger partial charge < -0.3 is 14.9 Å². The number of aromatic carboxylic acids is 1. The van der Waals surface area contributed by atoms with Crippen molar-refractivity contribution in [2.75, 3.05) is 31.1 Å². The smallest absolute Gasteiger partial charge is 0.343 e. The summed E-state index contributed by atoms with van der Waals surface area (Å²) in [7, 11) is 0. The molecule has 0 aliphatic carbocycles. The molecule has 178 valence electrons. The first-order chi connectivity index (χ1) is 16.9. The standard InChI is InChI=1S/C25H21ClN4O4S/c26-17-13-18-21(28-8-10-29(11-9-28)23(31)19-7-4-12-35-19)20(25(33)34)24(32)30(22(18)27-14-17)15-16-5-2-1-3-6-16/h1-7,12-14H,8-11,15H2,(H,33,34). The highest BCUT2D eigenvalue weighted by Gasteiger charge is 2.30. The number of rotatable bonds is 5. The van der Waals surface area contributed by atoms with E-state index in [4.69, 9.17) is 11.6 Å². The van der Waals surface area contributed by atoms with E-state index in [1.54, 1.807) is 17.0 Å². The molecule has 1 fully saturated rings. The van der Waals surface area contributed by atoms with E-state index < -0.39 is 11.5 Å². The zero-order valence-corrected chi connectivity index (χ0v) is 20.1. The number of thiophene rings is 1. The third-order valence-electron chi connectivity index (χ3n) is 6.05. The topological polar surface area (TPSA) is 95.7 Å². The van der Waals surface area contributed by atoms with Gasteiger partial charge in [-0.25, -0.2) is 9.78 Å². The molecule has 0 saturated carbocycles. The normalized spacial score (nSPS) is 13.9. The third kappa shape index (κ3) is 4.40. The number of anilines is 1. The monoisotopic (exact) mass is 508 g/mol. The Kier molecular flexibility index (Phi) is 6.27. The van der Waals surface area contributed by atoms with Crippen LogP contribution in [0.5, 0.6) is 0 Å². The highest BCUT2D eigenvalue weighted by molar-refractivity contribution is 7.12. The van der Waals surface area contributed by atoms with Gasteiger partial charge in [0.15, 0.2) is 0 Å². The van der Waals surface area contributed by atoms with Gasteiger partial charge in [-0.2, -0.15) is 0 Å². The summed E-state index contributed by atoms with van der Waals surface area (Å²) < 4.78 is 1.38. The molecule has 0 bridgehead atoms. The van der Waals surface area contributed by atoms with Crippen LogP contribution in [-0.2, 0) is 6.54 Å². The Labute approximate surface area is 209 Å².